The summed E-state index contributed by atoms with van der Waals surface area (Å²) in [5.41, 5.74) is 3.08. The van der Waals surface area contributed by atoms with Gasteiger partial charge in [0.25, 0.3) is 5.91 Å². The number of piperazine rings is 1. The summed E-state index contributed by atoms with van der Waals surface area (Å²) in [6.07, 6.45) is 0. The third-order valence-electron chi connectivity index (χ3n) is 6.29. The molecule has 0 radical (unpaired) electrons. The molecule has 198 valence electrons. The number of benzene rings is 3. The van der Waals surface area contributed by atoms with Crippen molar-refractivity contribution in [3.05, 3.63) is 90.0 Å². The molecule has 0 bridgehead atoms. The number of amides is 2. The van der Waals surface area contributed by atoms with Crippen molar-refractivity contribution in [1.29, 1.82) is 0 Å². The third kappa shape index (κ3) is 7.32. The minimum atomic E-state index is -0.357. The highest BCUT2D eigenvalue weighted by Crippen LogP contribution is 2.23. The zero-order chi connectivity index (χ0) is 27.1. The van der Waals surface area contributed by atoms with Gasteiger partial charge >= 0.3 is 0 Å². The highest BCUT2D eigenvalue weighted by atomic mass is 32.1. The second-order valence-corrected chi connectivity index (χ2v) is 10.7. The van der Waals surface area contributed by atoms with Crippen LogP contribution in [0.2, 0.25) is 0 Å². The molecule has 1 saturated heterocycles. The Kier molecular flexibility index (Phi) is 8.63. The number of carbonyl (C=O) groups is 2. The molecule has 8 heteroatoms. The average molecular weight is 531 g/mol. The Morgan fingerprint density at radius 2 is 1.50 bits per heavy atom. The Hall–Kier alpha value is -3.91. The van der Waals surface area contributed by atoms with Gasteiger partial charge in [0, 0.05) is 48.5 Å². The fraction of sp³-hybridized carbons (Fsp3) is 0.300. The Bertz CT molecular complexity index is 1250. The topological polar surface area (TPSA) is 73.9 Å². The third-order valence-corrected chi connectivity index (χ3v) is 6.49. The van der Waals surface area contributed by atoms with Gasteiger partial charge < -0.3 is 19.9 Å². The fourth-order valence-corrected chi connectivity index (χ4v) is 4.39. The summed E-state index contributed by atoms with van der Waals surface area (Å²) in [6.45, 7) is 9.35. The van der Waals surface area contributed by atoms with E-state index in [1.807, 2.05) is 80.3 Å². The van der Waals surface area contributed by atoms with Crippen LogP contribution in [0.5, 0.6) is 5.75 Å². The molecule has 0 spiro atoms. The largest absolute Gasteiger partial charge is 0.489 e. The first-order valence-electron chi connectivity index (χ1n) is 12.7. The van der Waals surface area contributed by atoms with Gasteiger partial charge in [-0.25, -0.2) is 0 Å². The number of nitrogens with zero attached hydrogens (tertiary/aromatic N) is 2. The number of thiocarbonyl (C=S) groups is 1. The van der Waals surface area contributed by atoms with Gasteiger partial charge in [0.05, 0.1) is 0 Å². The van der Waals surface area contributed by atoms with E-state index >= 15 is 0 Å². The summed E-state index contributed by atoms with van der Waals surface area (Å²) in [5, 5.41) is 6.01. The van der Waals surface area contributed by atoms with Gasteiger partial charge in [-0.15, -0.1) is 0 Å². The maximum atomic E-state index is 12.6. The molecule has 1 aliphatic heterocycles. The Morgan fingerprint density at radius 1 is 0.868 bits per heavy atom. The minimum Gasteiger partial charge on any atom is -0.489 e. The zero-order valence-electron chi connectivity index (χ0n) is 22.1. The first-order chi connectivity index (χ1) is 18.2. The van der Waals surface area contributed by atoms with Crippen LogP contribution in [0.3, 0.4) is 0 Å². The molecule has 3 aromatic rings. The van der Waals surface area contributed by atoms with Crippen molar-refractivity contribution in [2.24, 2.45) is 5.41 Å². The molecule has 1 aliphatic rings. The molecule has 38 heavy (non-hydrogen) atoms. The molecule has 0 saturated carbocycles. The van der Waals surface area contributed by atoms with Crippen molar-refractivity contribution in [1.82, 2.24) is 10.2 Å². The van der Waals surface area contributed by atoms with Gasteiger partial charge in [0.2, 0.25) is 5.91 Å². The normalized spacial score (nSPS) is 13.6. The molecule has 2 amide bonds. The number of carbonyl (C=O) groups excluding carboxylic acids is 2. The van der Waals surface area contributed by atoms with E-state index in [4.69, 9.17) is 17.0 Å². The van der Waals surface area contributed by atoms with Crippen LogP contribution in [-0.4, -0.2) is 48.0 Å². The van der Waals surface area contributed by atoms with E-state index in [0.29, 0.717) is 31.0 Å². The van der Waals surface area contributed by atoms with Crippen LogP contribution in [0.25, 0.3) is 0 Å². The van der Waals surface area contributed by atoms with Gasteiger partial charge in [0.1, 0.15) is 12.4 Å². The van der Waals surface area contributed by atoms with Gasteiger partial charge in [-0.05, 0) is 66.3 Å². The molecule has 3 aromatic carbocycles. The molecule has 0 atom stereocenters. The lowest BCUT2D eigenvalue weighted by atomic mass is 9.94. The molecule has 1 heterocycles. The van der Waals surface area contributed by atoms with Crippen molar-refractivity contribution in [2.45, 2.75) is 27.4 Å². The SMILES string of the molecule is CC(C)(C)C(=O)N1CCN(c2ccc(NC(=S)NC(=O)c3ccc(OCc4ccccc4)cc3)cc2)CC1. The summed E-state index contributed by atoms with van der Waals surface area (Å²) in [5.74, 6) is 0.587. The van der Waals surface area contributed by atoms with Gasteiger partial charge in [-0.2, -0.15) is 0 Å². The van der Waals surface area contributed by atoms with Crippen molar-refractivity contribution >= 4 is 40.5 Å². The Balaban J connectivity index is 1.23. The summed E-state index contributed by atoms with van der Waals surface area (Å²) in [7, 11) is 0. The number of ether oxygens (including phenoxy) is 1. The molecule has 0 unspecified atom stereocenters. The van der Waals surface area contributed by atoms with Crippen LogP contribution in [0.4, 0.5) is 11.4 Å². The van der Waals surface area contributed by atoms with E-state index in [1.165, 1.54) is 0 Å². The van der Waals surface area contributed by atoms with Crippen LogP contribution in [0.15, 0.2) is 78.9 Å². The molecular weight excluding hydrogens is 496 g/mol. The molecular formula is C30H34N4O3S. The number of anilines is 2. The highest BCUT2D eigenvalue weighted by molar-refractivity contribution is 7.80. The standard InChI is InChI=1S/C30H34N4O3S/c1-30(2,3)28(36)34-19-17-33(18-20-34)25-13-11-24(12-14-25)31-29(38)32-27(35)23-9-15-26(16-10-23)37-21-22-7-5-4-6-8-22/h4-16H,17-21H2,1-3H3,(H2,31,32,35,38). The van der Waals surface area contributed by atoms with E-state index in [2.05, 4.69) is 15.5 Å². The van der Waals surface area contributed by atoms with Crippen molar-refractivity contribution in [3.63, 3.8) is 0 Å². The van der Waals surface area contributed by atoms with Crippen LogP contribution >= 0.6 is 12.2 Å². The zero-order valence-corrected chi connectivity index (χ0v) is 22.9. The molecule has 0 aromatic heterocycles. The predicted octanol–water partition coefficient (Wildman–Crippen LogP) is 5.09. The average Bonchev–Trinajstić information content (AvgIpc) is 2.92. The van der Waals surface area contributed by atoms with E-state index < -0.39 is 0 Å². The minimum absolute atomic E-state index is 0.194. The molecule has 0 aliphatic carbocycles. The molecule has 2 N–H and O–H groups in total. The lowest BCUT2D eigenvalue weighted by Crippen LogP contribution is -2.51. The lowest BCUT2D eigenvalue weighted by molar-refractivity contribution is -0.139. The van der Waals surface area contributed by atoms with Crippen molar-refractivity contribution in [3.8, 4) is 5.75 Å². The number of hydrogen-bond donors (Lipinski definition) is 2. The van der Waals surface area contributed by atoms with Crippen LogP contribution in [0, 0.1) is 5.41 Å². The Labute approximate surface area is 229 Å². The predicted molar refractivity (Wildman–Crippen MR) is 156 cm³/mol. The monoisotopic (exact) mass is 530 g/mol. The van der Waals surface area contributed by atoms with Gasteiger partial charge in [-0.3, -0.25) is 14.9 Å². The van der Waals surface area contributed by atoms with Gasteiger partial charge in [-0.1, -0.05) is 51.1 Å². The first kappa shape index (κ1) is 27.1. The van der Waals surface area contributed by atoms with E-state index in [1.54, 1.807) is 24.3 Å². The summed E-state index contributed by atoms with van der Waals surface area (Å²) in [6, 6.07) is 24.8. The van der Waals surface area contributed by atoms with Crippen LogP contribution in [-0.2, 0) is 11.4 Å². The van der Waals surface area contributed by atoms with Crippen molar-refractivity contribution in [2.75, 3.05) is 36.4 Å². The number of hydrogen-bond acceptors (Lipinski definition) is 5. The van der Waals surface area contributed by atoms with E-state index in [-0.39, 0.29) is 22.3 Å². The molecule has 1 fully saturated rings. The smallest absolute Gasteiger partial charge is 0.257 e. The summed E-state index contributed by atoms with van der Waals surface area (Å²) in [4.78, 5) is 29.3. The molecule has 7 nitrogen and oxygen atoms in total. The Morgan fingerprint density at radius 3 is 2.11 bits per heavy atom. The summed E-state index contributed by atoms with van der Waals surface area (Å²) < 4.78 is 5.78. The maximum Gasteiger partial charge on any atom is 0.257 e. The molecule has 4 rings (SSSR count). The maximum absolute atomic E-state index is 12.6. The van der Waals surface area contributed by atoms with E-state index in [9.17, 15) is 9.59 Å². The van der Waals surface area contributed by atoms with E-state index in [0.717, 1.165) is 30.0 Å². The van der Waals surface area contributed by atoms with Crippen LogP contribution in [0.1, 0.15) is 36.7 Å². The second kappa shape index (κ2) is 12.1. The lowest BCUT2D eigenvalue weighted by Gasteiger charge is -2.38. The van der Waals surface area contributed by atoms with Crippen molar-refractivity contribution < 1.29 is 14.3 Å². The van der Waals surface area contributed by atoms with Gasteiger partial charge in [0.15, 0.2) is 5.11 Å². The number of nitrogens with one attached hydrogen (secondary N) is 2. The van der Waals surface area contributed by atoms with Crippen LogP contribution < -0.4 is 20.3 Å². The first-order valence-corrected chi connectivity index (χ1v) is 13.1. The fourth-order valence-electron chi connectivity index (χ4n) is 4.18. The highest BCUT2D eigenvalue weighted by Gasteiger charge is 2.29. The second-order valence-electron chi connectivity index (χ2n) is 10.3. The number of rotatable bonds is 6. The summed E-state index contributed by atoms with van der Waals surface area (Å²) >= 11 is 5.34. The quantitative estimate of drug-likeness (QED) is 0.433.